The molecule has 1 heterocycles. The number of hydrogen-bond acceptors (Lipinski definition) is 3. The third-order valence-corrected chi connectivity index (χ3v) is 5.08. The van der Waals surface area contributed by atoms with Gasteiger partial charge in [-0.1, -0.05) is 0 Å². The lowest BCUT2D eigenvalue weighted by Crippen LogP contribution is -3.27. The van der Waals surface area contributed by atoms with E-state index in [0.29, 0.717) is 12.4 Å². The first-order chi connectivity index (χ1) is 12.7. The van der Waals surface area contributed by atoms with Crippen molar-refractivity contribution in [1.82, 2.24) is 0 Å². The molecule has 0 saturated carbocycles. The molecule has 1 fully saturated rings. The molecule has 2 aromatic carbocycles. The first kappa shape index (κ1) is 18.5. The molecule has 5 nitrogen and oxygen atoms in total. The van der Waals surface area contributed by atoms with Gasteiger partial charge in [0, 0.05) is 5.56 Å². The van der Waals surface area contributed by atoms with Gasteiger partial charge in [0.25, 0.3) is 0 Å². The first-order valence-electron chi connectivity index (χ1n) is 9.42. The van der Waals surface area contributed by atoms with E-state index in [0.717, 1.165) is 56.3 Å². The van der Waals surface area contributed by atoms with Crippen LogP contribution in [-0.4, -0.2) is 45.0 Å². The summed E-state index contributed by atoms with van der Waals surface area (Å²) in [4.78, 5) is 3.14. The number of hydrogen-bond donors (Lipinski definition) is 3. The lowest BCUT2D eigenvalue weighted by Gasteiger charge is -2.30. The van der Waals surface area contributed by atoms with Gasteiger partial charge in [0.1, 0.15) is 56.5 Å². The van der Waals surface area contributed by atoms with Crippen LogP contribution in [0.4, 0.5) is 0 Å². The molecule has 0 spiro atoms. The second kappa shape index (κ2) is 8.92. The molecule has 0 unspecified atom stereocenters. The van der Waals surface area contributed by atoms with E-state index in [2.05, 4.69) is 24.3 Å². The second-order valence-electron chi connectivity index (χ2n) is 6.93. The van der Waals surface area contributed by atoms with Gasteiger partial charge in [-0.15, -0.1) is 0 Å². The Hall–Kier alpha value is -2.24. The normalized spacial score (nSPS) is 19.9. The molecule has 0 atom stereocenters. The lowest BCUT2D eigenvalue weighted by molar-refractivity contribution is -1.02. The summed E-state index contributed by atoms with van der Waals surface area (Å²) in [7, 11) is 1.66. The van der Waals surface area contributed by atoms with Crippen LogP contribution in [0.5, 0.6) is 17.2 Å². The molecule has 5 heteroatoms. The van der Waals surface area contributed by atoms with Crippen LogP contribution in [0.3, 0.4) is 0 Å². The van der Waals surface area contributed by atoms with Crippen molar-refractivity contribution in [3.63, 3.8) is 0 Å². The average molecular weight is 358 g/mol. The third kappa shape index (κ3) is 4.90. The Morgan fingerprint density at radius 3 is 2.12 bits per heavy atom. The largest absolute Gasteiger partial charge is 0.507 e. The van der Waals surface area contributed by atoms with Crippen LogP contribution in [0, 0.1) is 0 Å². The zero-order chi connectivity index (χ0) is 18.4. The minimum atomic E-state index is 0.363. The number of methoxy groups -OCH3 is 1. The third-order valence-electron chi connectivity index (χ3n) is 5.08. The van der Waals surface area contributed by atoms with E-state index in [1.807, 2.05) is 13.0 Å². The topological polar surface area (TPSA) is 47.6 Å². The molecule has 2 aromatic rings. The molecule has 0 amide bonds. The minimum Gasteiger partial charge on any atom is -0.507 e. The highest BCUT2D eigenvalue weighted by molar-refractivity contribution is 5.38. The van der Waals surface area contributed by atoms with Crippen molar-refractivity contribution in [1.29, 1.82) is 0 Å². The maximum Gasteiger partial charge on any atom is 0.127 e. The van der Waals surface area contributed by atoms with Crippen molar-refractivity contribution in [2.24, 2.45) is 0 Å². The summed E-state index contributed by atoms with van der Waals surface area (Å²) in [6.07, 6.45) is 0. The Bertz CT molecular complexity index is 695. The molecule has 3 N–H and O–H groups in total. The van der Waals surface area contributed by atoms with E-state index in [1.165, 1.54) is 10.5 Å². The Kier molecular flexibility index (Phi) is 6.36. The van der Waals surface area contributed by atoms with Gasteiger partial charge >= 0.3 is 0 Å². The number of ether oxygens (including phenoxy) is 2. The SMILES string of the molecule is CCOc1ccc(C[NH+]2CC[NH+](Cc3cc(OC)ccc3O)CC2)cc1. The fourth-order valence-corrected chi connectivity index (χ4v) is 3.57. The van der Waals surface area contributed by atoms with Gasteiger partial charge in [-0.05, 0) is 49.4 Å². The predicted octanol–water partition coefficient (Wildman–Crippen LogP) is 0.283. The van der Waals surface area contributed by atoms with Gasteiger partial charge in [0.15, 0.2) is 0 Å². The van der Waals surface area contributed by atoms with E-state index < -0.39 is 0 Å². The van der Waals surface area contributed by atoms with Crippen molar-refractivity contribution in [2.45, 2.75) is 20.0 Å². The molecule has 0 bridgehead atoms. The van der Waals surface area contributed by atoms with Crippen LogP contribution in [0.2, 0.25) is 0 Å². The molecule has 0 radical (unpaired) electrons. The fraction of sp³-hybridized carbons (Fsp3) is 0.429. The van der Waals surface area contributed by atoms with Crippen molar-refractivity contribution in [3.05, 3.63) is 53.6 Å². The number of benzene rings is 2. The highest BCUT2D eigenvalue weighted by Crippen LogP contribution is 2.21. The minimum absolute atomic E-state index is 0.363. The van der Waals surface area contributed by atoms with E-state index in [1.54, 1.807) is 24.1 Å². The number of phenols is 1. The second-order valence-corrected chi connectivity index (χ2v) is 6.93. The van der Waals surface area contributed by atoms with Crippen molar-refractivity contribution in [3.8, 4) is 17.2 Å². The summed E-state index contributed by atoms with van der Waals surface area (Å²) in [5.41, 5.74) is 2.33. The van der Waals surface area contributed by atoms with Gasteiger partial charge in [-0.2, -0.15) is 0 Å². The van der Waals surface area contributed by atoms with E-state index >= 15 is 0 Å². The highest BCUT2D eigenvalue weighted by Gasteiger charge is 2.24. The quantitative estimate of drug-likeness (QED) is 0.667. The van der Waals surface area contributed by atoms with E-state index in [9.17, 15) is 5.11 Å². The van der Waals surface area contributed by atoms with Crippen LogP contribution in [0.1, 0.15) is 18.1 Å². The van der Waals surface area contributed by atoms with Crippen molar-refractivity contribution >= 4 is 0 Å². The lowest BCUT2D eigenvalue weighted by atomic mass is 10.1. The molecule has 1 aliphatic rings. The van der Waals surface area contributed by atoms with Crippen LogP contribution in [0.25, 0.3) is 0 Å². The maximum atomic E-state index is 10.1. The summed E-state index contributed by atoms with van der Waals surface area (Å²) >= 11 is 0. The number of nitrogens with one attached hydrogen (secondary N) is 2. The van der Waals surface area contributed by atoms with E-state index in [4.69, 9.17) is 9.47 Å². The van der Waals surface area contributed by atoms with Crippen LogP contribution in [0.15, 0.2) is 42.5 Å². The first-order valence-corrected chi connectivity index (χ1v) is 9.42. The van der Waals surface area contributed by atoms with E-state index in [-0.39, 0.29) is 0 Å². The summed E-state index contributed by atoms with van der Waals surface area (Å²) < 4.78 is 10.8. The maximum absolute atomic E-state index is 10.1. The molecule has 1 saturated heterocycles. The summed E-state index contributed by atoms with van der Waals surface area (Å²) in [6, 6.07) is 13.9. The average Bonchev–Trinajstić information content (AvgIpc) is 2.67. The summed E-state index contributed by atoms with van der Waals surface area (Å²) in [5.74, 6) is 2.11. The summed E-state index contributed by atoms with van der Waals surface area (Å²) in [5, 5.41) is 10.1. The van der Waals surface area contributed by atoms with Gasteiger partial charge in [-0.3, -0.25) is 0 Å². The molecular formula is C21H30N2O3+2. The Labute approximate surface area is 155 Å². The molecule has 140 valence electrons. The number of phenolic OH excluding ortho intramolecular Hbond substituents is 1. The zero-order valence-corrected chi connectivity index (χ0v) is 15.8. The number of rotatable bonds is 7. The number of piperazine rings is 1. The zero-order valence-electron chi connectivity index (χ0n) is 15.8. The molecule has 3 rings (SSSR count). The smallest absolute Gasteiger partial charge is 0.127 e. The monoisotopic (exact) mass is 358 g/mol. The van der Waals surface area contributed by atoms with Gasteiger partial charge in [0.2, 0.25) is 0 Å². The molecule has 1 aliphatic heterocycles. The Morgan fingerprint density at radius 2 is 1.50 bits per heavy atom. The molecular weight excluding hydrogens is 328 g/mol. The Balaban J connectivity index is 1.49. The van der Waals surface area contributed by atoms with Gasteiger partial charge < -0.3 is 24.4 Å². The van der Waals surface area contributed by atoms with Crippen LogP contribution in [-0.2, 0) is 13.1 Å². The highest BCUT2D eigenvalue weighted by atomic mass is 16.5. The fourth-order valence-electron chi connectivity index (χ4n) is 3.57. The summed E-state index contributed by atoms with van der Waals surface area (Å²) in [6.45, 7) is 9.14. The number of aromatic hydroxyl groups is 1. The van der Waals surface area contributed by atoms with Crippen LogP contribution >= 0.6 is 0 Å². The van der Waals surface area contributed by atoms with Gasteiger partial charge in [0.05, 0.1) is 19.3 Å². The number of quaternary nitrogens is 2. The van der Waals surface area contributed by atoms with Crippen molar-refractivity contribution in [2.75, 3.05) is 39.9 Å². The molecule has 26 heavy (non-hydrogen) atoms. The van der Waals surface area contributed by atoms with Crippen LogP contribution < -0.4 is 19.3 Å². The Morgan fingerprint density at radius 1 is 0.885 bits per heavy atom. The standard InChI is InChI=1S/C21H28N2O3/c1-3-26-19-6-4-17(5-7-19)15-22-10-12-23(13-11-22)16-18-14-20(25-2)8-9-21(18)24/h4-9,14,24H,3,10-13,15-16H2,1-2H3/p+2. The van der Waals surface area contributed by atoms with Crippen molar-refractivity contribution < 1.29 is 24.4 Å². The molecule has 0 aromatic heterocycles. The molecule has 0 aliphatic carbocycles. The van der Waals surface area contributed by atoms with Gasteiger partial charge in [-0.25, -0.2) is 0 Å². The predicted molar refractivity (Wildman–Crippen MR) is 101 cm³/mol.